The predicted molar refractivity (Wildman–Crippen MR) is 139 cm³/mol. The second-order valence-electron chi connectivity index (χ2n) is 8.54. The van der Waals surface area contributed by atoms with Crippen LogP contribution in [0.15, 0.2) is 71.0 Å². The zero-order valence-corrected chi connectivity index (χ0v) is 20.7. The molecule has 0 radical (unpaired) electrons. The molecule has 8 heteroatoms. The van der Waals surface area contributed by atoms with E-state index < -0.39 is 0 Å². The summed E-state index contributed by atoms with van der Waals surface area (Å²) in [6, 6.07) is 15.7. The average molecular weight is 476 g/mol. The molecule has 8 nitrogen and oxygen atoms in total. The van der Waals surface area contributed by atoms with Crippen LogP contribution >= 0.6 is 0 Å². The summed E-state index contributed by atoms with van der Waals surface area (Å²) in [5, 5.41) is 7.19. The highest BCUT2D eigenvalue weighted by molar-refractivity contribution is 6.03. The summed E-state index contributed by atoms with van der Waals surface area (Å²) in [7, 11) is 1.66. The fourth-order valence-corrected chi connectivity index (χ4v) is 4.06. The number of hydrogen-bond acceptors (Lipinski definition) is 5. The molecule has 0 bridgehead atoms. The third-order valence-electron chi connectivity index (χ3n) is 6.12. The number of rotatable bonds is 10. The lowest BCUT2D eigenvalue weighted by Gasteiger charge is -2.17. The van der Waals surface area contributed by atoms with Gasteiger partial charge in [0, 0.05) is 31.8 Å². The number of nitrogens with one attached hydrogen (secondary N) is 2. The number of fused-ring (bicyclic) bond motifs is 1. The summed E-state index contributed by atoms with van der Waals surface area (Å²) in [5.41, 5.74) is 10.3. The zero-order chi connectivity index (χ0) is 25.4. The second kappa shape index (κ2) is 12.1. The van der Waals surface area contributed by atoms with Gasteiger partial charge in [-0.3, -0.25) is 14.6 Å². The summed E-state index contributed by atoms with van der Waals surface area (Å²) in [6.07, 6.45) is 4.73. The molecule has 3 rings (SSSR count). The van der Waals surface area contributed by atoms with Crippen molar-refractivity contribution in [2.24, 2.45) is 10.8 Å². The lowest BCUT2D eigenvalue weighted by molar-refractivity contribution is -0.300. The Kier molecular flexibility index (Phi) is 8.94. The molecule has 0 aromatic heterocycles. The van der Waals surface area contributed by atoms with E-state index in [0.717, 1.165) is 28.7 Å². The maximum absolute atomic E-state index is 12.7. The number of hydrogen-bond donors (Lipinski definition) is 4. The van der Waals surface area contributed by atoms with Crippen molar-refractivity contribution in [3.05, 3.63) is 88.3 Å². The smallest absolute Gasteiger partial charge is 0.307 e. The van der Waals surface area contributed by atoms with Crippen molar-refractivity contribution in [3.63, 3.8) is 0 Å². The van der Waals surface area contributed by atoms with Gasteiger partial charge in [-0.2, -0.15) is 0 Å². The molecule has 2 amide bonds. The van der Waals surface area contributed by atoms with E-state index >= 15 is 0 Å². The zero-order valence-electron chi connectivity index (χ0n) is 20.7. The maximum atomic E-state index is 12.7. The first-order valence-corrected chi connectivity index (χ1v) is 11.8. The second-order valence-corrected chi connectivity index (χ2v) is 8.54. The summed E-state index contributed by atoms with van der Waals surface area (Å²) in [5.74, 6) is 5.58. The van der Waals surface area contributed by atoms with Crippen molar-refractivity contribution < 1.29 is 15.3 Å². The van der Waals surface area contributed by atoms with Gasteiger partial charge in [0.2, 0.25) is 11.6 Å². The summed E-state index contributed by atoms with van der Waals surface area (Å²) < 4.78 is 0. The minimum atomic E-state index is -0.374. The first-order valence-electron chi connectivity index (χ1n) is 11.8. The van der Waals surface area contributed by atoms with Crippen molar-refractivity contribution in [2.75, 3.05) is 20.1 Å². The van der Waals surface area contributed by atoms with Crippen LogP contribution in [0, 0.1) is 0 Å². The van der Waals surface area contributed by atoms with Crippen molar-refractivity contribution in [1.82, 2.24) is 15.6 Å². The lowest BCUT2D eigenvalue weighted by Crippen LogP contribution is -2.56. The Morgan fingerprint density at radius 2 is 1.91 bits per heavy atom. The molecule has 1 atom stereocenters. The Balaban J connectivity index is 1.52. The van der Waals surface area contributed by atoms with E-state index in [1.807, 2.05) is 55.5 Å². The number of quaternary nitrogens is 1. The summed E-state index contributed by atoms with van der Waals surface area (Å²) >= 11 is 0. The quantitative estimate of drug-likeness (QED) is 0.180. The topological polar surface area (TPSA) is 127 Å². The molecular formula is C27H35N6O2+. The van der Waals surface area contributed by atoms with Crippen molar-refractivity contribution in [2.45, 2.75) is 32.7 Å². The van der Waals surface area contributed by atoms with E-state index in [2.05, 4.69) is 28.3 Å². The first-order chi connectivity index (χ1) is 16.8. The van der Waals surface area contributed by atoms with E-state index in [4.69, 9.17) is 5.84 Å². The molecule has 0 saturated heterocycles. The number of hydrazine groups is 1. The molecule has 0 heterocycles. The van der Waals surface area contributed by atoms with Crippen molar-refractivity contribution >= 4 is 23.6 Å². The van der Waals surface area contributed by atoms with Crippen LogP contribution in [-0.4, -0.2) is 43.2 Å². The highest BCUT2D eigenvalue weighted by Crippen LogP contribution is 2.32. The number of nitrogens with two attached hydrogens (primary N) is 1. The van der Waals surface area contributed by atoms with Gasteiger partial charge in [0.1, 0.15) is 0 Å². The number of nitrogens with zero attached hydrogens (tertiary/aromatic N) is 2. The van der Waals surface area contributed by atoms with Crippen LogP contribution in [0.2, 0.25) is 0 Å². The third-order valence-corrected chi connectivity index (χ3v) is 6.12. The standard InChI is InChI=1S/C27H34N6O2/c1-4-19-9-11-20(12-10-19)25(16-30-3)32-27(35)24(28)17-33(29)14-13-31-26(34)23-15-21-7-5-6-8-22(21)18(23)2/h5-12,16-17,25H,4,13-15,28-29H2,1-3H3,(H,31,34)(H,32,35)/p+1/b24-17-,30-16?. The van der Waals surface area contributed by atoms with E-state index in [0.29, 0.717) is 19.5 Å². The van der Waals surface area contributed by atoms with Gasteiger partial charge < -0.3 is 21.4 Å². The van der Waals surface area contributed by atoms with E-state index in [1.54, 1.807) is 13.3 Å². The molecule has 184 valence electrons. The van der Waals surface area contributed by atoms with Crippen LogP contribution in [-0.2, 0) is 22.4 Å². The van der Waals surface area contributed by atoms with Gasteiger partial charge in [0.15, 0.2) is 0 Å². The number of aliphatic imine (C=N–C) groups is 1. The fraction of sp³-hybridized carbons (Fsp3) is 0.296. The SMILES string of the molecule is CCc1ccc(C(C=NC)NC(=O)/C([NH3+])=C/N(N)CCNC(=O)C2=C(C)c3ccccc3C2)cc1. The van der Waals surface area contributed by atoms with Crippen LogP contribution < -0.4 is 22.2 Å². The Bertz CT molecular complexity index is 1150. The fourth-order valence-electron chi connectivity index (χ4n) is 4.06. The maximum Gasteiger partial charge on any atom is 0.307 e. The number of benzene rings is 2. The van der Waals surface area contributed by atoms with Gasteiger partial charge >= 0.3 is 5.91 Å². The molecule has 7 N–H and O–H groups in total. The van der Waals surface area contributed by atoms with Gasteiger partial charge in [-0.15, -0.1) is 0 Å². The lowest BCUT2D eigenvalue weighted by atomic mass is 10.0. The Labute approximate surface area is 206 Å². The average Bonchev–Trinajstić information content (AvgIpc) is 3.20. The molecule has 2 aromatic rings. The van der Waals surface area contributed by atoms with E-state index in [1.165, 1.54) is 22.3 Å². The molecule has 0 fully saturated rings. The number of allylic oxidation sites excluding steroid dienone is 1. The van der Waals surface area contributed by atoms with E-state index in [9.17, 15) is 9.59 Å². The molecule has 1 unspecified atom stereocenters. The normalized spacial score (nSPS) is 14.1. The van der Waals surface area contributed by atoms with Gasteiger partial charge in [0.25, 0.3) is 0 Å². The number of carbonyl (C=O) groups is 2. The van der Waals surface area contributed by atoms with Gasteiger partial charge in [-0.25, -0.2) is 5.84 Å². The molecule has 1 aliphatic carbocycles. The Hall–Kier alpha value is -3.75. The van der Waals surface area contributed by atoms with Gasteiger partial charge in [0.05, 0.1) is 18.8 Å². The molecule has 0 spiro atoms. The molecule has 35 heavy (non-hydrogen) atoms. The highest BCUT2D eigenvalue weighted by atomic mass is 16.2. The Morgan fingerprint density at radius 3 is 2.57 bits per heavy atom. The minimum absolute atomic E-state index is 0.0977. The number of aryl methyl sites for hydroxylation is 1. The number of amides is 2. The molecule has 2 aromatic carbocycles. The van der Waals surface area contributed by atoms with Crippen molar-refractivity contribution in [1.29, 1.82) is 0 Å². The Morgan fingerprint density at radius 1 is 1.20 bits per heavy atom. The third kappa shape index (κ3) is 6.65. The predicted octanol–water partition coefficient (Wildman–Crippen LogP) is 1.51. The molecule has 1 aliphatic rings. The van der Waals surface area contributed by atoms with Crippen LogP contribution in [0.3, 0.4) is 0 Å². The number of carbonyl (C=O) groups excluding carboxylic acids is 2. The largest absolute Gasteiger partial charge is 0.350 e. The van der Waals surface area contributed by atoms with Gasteiger partial charge in [-0.05, 0) is 41.2 Å². The molecular weight excluding hydrogens is 440 g/mol. The van der Waals surface area contributed by atoms with Crippen LogP contribution in [0.5, 0.6) is 0 Å². The summed E-state index contributed by atoms with van der Waals surface area (Å²) in [4.78, 5) is 29.4. The summed E-state index contributed by atoms with van der Waals surface area (Å²) in [6.45, 7) is 4.73. The van der Waals surface area contributed by atoms with Crippen molar-refractivity contribution in [3.8, 4) is 0 Å². The molecule has 0 aliphatic heterocycles. The molecule has 0 saturated carbocycles. The van der Waals surface area contributed by atoms with E-state index in [-0.39, 0.29) is 23.6 Å². The monoisotopic (exact) mass is 475 g/mol. The first kappa shape index (κ1) is 25.9. The minimum Gasteiger partial charge on any atom is -0.350 e. The van der Waals surface area contributed by atoms with Crippen LogP contribution in [0.25, 0.3) is 5.57 Å². The van der Waals surface area contributed by atoms with Crippen LogP contribution in [0.1, 0.15) is 42.1 Å². The highest BCUT2D eigenvalue weighted by Gasteiger charge is 2.23. The van der Waals surface area contributed by atoms with Gasteiger partial charge in [-0.1, -0.05) is 55.5 Å². The van der Waals surface area contributed by atoms with Crippen LogP contribution in [0.4, 0.5) is 0 Å².